The first kappa shape index (κ1) is 73.0. The molecule has 0 saturated carbocycles. The largest absolute Gasteiger partial charge is 0.472 e. The van der Waals surface area contributed by atoms with Gasteiger partial charge < -0.3 is 19.4 Å². The number of carbonyl (C=O) groups is 2. The van der Waals surface area contributed by atoms with Crippen molar-refractivity contribution >= 4 is 19.7 Å². The van der Waals surface area contributed by atoms with Crippen molar-refractivity contribution in [2.45, 2.75) is 315 Å². The Balaban J connectivity index is 5.13. The van der Waals surface area contributed by atoms with Gasteiger partial charge in [-0.25, -0.2) is 4.57 Å². The third-order valence-corrected chi connectivity index (χ3v) is 15.3. The predicted octanol–water partition coefficient (Wildman–Crippen LogP) is 19.7. The molecule has 0 aliphatic carbocycles. The number of unbranched alkanes of at least 4 members (excludes halogenated alkanes) is 36. The summed E-state index contributed by atoms with van der Waals surface area (Å²) < 4.78 is 30.7. The molecule has 440 valence electrons. The van der Waals surface area contributed by atoms with E-state index in [1.165, 1.54) is 199 Å². The van der Waals surface area contributed by atoms with Crippen LogP contribution in [0.15, 0.2) is 48.6 Å². The Morgan fingerprint density at radius 2 is 0.813 bits per heavy atom. The molecule has 1 amide bonds. The molecule has 0 bridgehead atoms. The van der Waals surface area contributed by atoms with Crippen LogP contribution in [-0.4, -0.2) is 74.3 Å². The first-order valence-electron chi connectivity index (χ1n) is 32.0. The molecule has 0 aromatic carbocycles. The maximum absolute atomic E-state index is 13.6. The van der Waals surface area contributed by atoms with E-state index in [0.29, 0.717) is 23.9 Å². The molecule has 0 aliphatic heterocycles. The molecular formula is C65H124N2O7P+. The highest BCUT2D eigenvalue weighted by atomic mass is 31.2. The van der Waals surface area contributed by atoms with Gasteiger partial charge in [-0.3, -0.25) is 18.6 Å². The van der Waals surface area contributed by atoms with Gasteiger partial charge in [-0.1, -0.05) is 269 Å². The zero-order valence-electron chi connectivity index (χ0n) is 50.3. The molecule has 0 radical (unpaired) electrons. The highest BCUT2D eigenvalue weighted by Gasteiger charge is 2.30. The van der Waals surface area contributed by atoms with E-state index in [2.05, 4.69) is 62.5 Å². The molecule has 2 N–H and O–H groups in total. The lowest BCUT2D eigenvalue weighted by Gasteiger charge is -2.27. The van der Waals surface area contributed by atoms with Gasteiger partial charge in [0.05, 0.1) is 33.8 Å². The number of rotatable bonds is 58. The number of ether oxygens (including phenoxy) is 1. The Morgan fingerprint density at radius 3 is 1.24 bits per heavy atom. The van der Waals surface area contributed by atoms with Gasteiger partial charge in [-0.15, -0.1) is 0 Å². The Kier molecular flexibility index (Phi) is 53.8. The lowest BCUT2D eigenvalue weighted by molar-refractivity contribution is -0.870. The van der Waals surface area contributed by atoms with Gasteiger partial charge in [-0.05, 0) is 70.3 Å². The minimum atomic E-state index is -4.45. The number of quaternary nitrogens is 1. The van der Waals surface area contributed by atoms with Crippen molar-refractivity contribution in [3.8, 4) is 0 Å². The fourth-order valence-electron chi connectivity index (χ4n) is 9.30. The fraction of sp³-hybridized carbons (Fsp3) is 0.846. The molecule has 0 aromatic heterocycles. The van der Waals surface area contributed by atoms with E-state index in [4.69, 9.17) is 13.8 Å². The van der Waals surface area contributed by atoms with Gasteiger partial charge in [0, 0.05) is 12.8 Å². The fourth-order valence-corrected chi connectivity index (χ4v) is 10.0. The van der Waals surface area contributed by atoms with Gasteiger partial charge in [0.25, 0.3) is 0 Å². The average molecular weight is 1080 g/mol. The monoisotopic (exact) mass is 1080 g/mol. The maximum Gasteiger partial charge on any atom is 0.472 e. The first-order chi connectivity index (χ1) is 36.4. The van der Waals surface area contributed by atoms with E-state index in [9.17, 15) is 19.0 Å². The van der Waals surface area contributed by atoms with Crippen LogP contribution in [0.3, 0.4) is 0 Å². The highest BCUT2D eigenvalue weighted by molar-refractivity contribution is 7.47. The van der Waals surface area contributed by atoms with E-state index in [1.807, 2.05) is 33.3 Å². The average Bonchev–Trinajstić information content (AvgIpc) is 3.37. The topological polar surface area (TPSA) is 111 Å². The molecule has 75 heavy (non-hydrogen) atoms. The van der Waals surface area contributed by atoms with Crippen molar-refractivity contribution in [1.29, 1.82) is 0 Å². The van der Waals surface area contributed by atoms with Gasteiger partial charge in [0.1, 0.15) is 19.3 Å². The molecule has 3 unspecified atom stereocenters. The van der Waals surface area contributed by atoms with E-state index in [1.54, 1.807) is 0 Å². The number of allylic oxidation sites excluding steroid dienone is 7. The van der Waals surface area contributed by atoms with Crippen LogP contribution in [0.4, 0.5) is 0 Å². The number of hydrogen-bond donors (Lipinski definition) is 2. The van der Waals surface area contributed by atoms with Gasteiger partial charge in [0.15, 0.2) is 0 Å². The Hall–Kier alpha value is -2.03. The van der Waals surface area contributed by atoms with Gasteiger partial charge >= 0.3 is 13.8 Å². The summed E-state index contributed by atoms with van der Waals surface area (Å²) in [6.45, 7) is 7.01. The van der Waals surface area contributed by atoms with E-state index >= 15 is 0 Å². The molecule has 0 aromatic rings. The summed E-state index contributed by atoms with van der Waals surface area (Å²) in [5.41, 5.74) is 0. The van der Waals surface area contributed by atoms with Crippen LogP contribution in [0.5, 0.6) is 0 Å². The normalized spacial score (nSPS) is 14.0. The number of carbonyl (C=O) groups excluding carboxylic acids is 2. The quantitative estimate of drug-likeness (QED) is 0.0205. The zero-order valence-corrected chi connectivity index (χ0v) is 51.2. The Morgan fingerprint density at radius 1 is 0.467 bits per heavy atom. The molecule has 0 fully saturated rings. The van der Waals surface area contributed by atoms with Gasteiger partial charge in [-0.2, -0.15) is 0 Å². The van der Waals surface area contributed by atoms with E-state index < -0.39 is 20.0 Å². The zero-order chi connectivity index (χ0) is 55.0. The molecule has 0 spiro atoms. The van der Waals surface area contributed by atoms with Crippen LogP contribution in [0.1, 0.15) is 303 Å². The summed E-state index contributed by atoms with van der Waals surface area (Å²) in [5.74, 6) is -0.499. The summed E-state index contributed by atoms with van der Waals surface area (Å²) in [6, 6.07) is -0.847. The van der Waals surface area contributed by atoms with Crippen molar-refractivity contribution in [3.05, 3.63) is 48.6 Å². The summed E-state index contributed by atoms with van der Waals surface area (Å²) in [6.07, 6.45) is 68.2. The smallest absolute Gasteiger partial charge is 0.456 e. The summed E-state index contributed by atoms with van der Waals surface area (Å²) >= 11 is 0. The standard InChI is InChI=1S/C65H123N2O7P/c1-7-10-13-16-19-22-25-27-29-30-31-32-33-34-35-36-38-39-42-45-48-51-54-57-64(68)66-62(61-73-75(70,71)72-60-59-67(4,5)6)63(56-53-50-47-44-41-24-21-18-15-12-9-3)74-65(69)58-55-52-49-46-43-40-37-28-26-23-20-17-14-11-8-2/h19,22,27,29,31-32,53,56,62-63H,7-18,20-21,23-26,28,30,33-52,54-55,57-61H2,1-6H3,(H-,66,68,70,71)/p+1/b22-19-,29-27-,32-31-,56-53-. The number of phosphoric acid groups is 1. The molecule has 3 atom stereocenters. The lowest BCUT2D eigenvalue weighted by Crippen LogP contribution is -2.47. The van der Waals surface area contributed by atoms with Crippen LogP contribution in [0, 0.1) is 0 Å². The van der Waals surface area contributed by atoms with Crippen LogP contribution < -0.4 is 5.32 Å². The number of amides is 1. The van der Waals surface area contributed by atoms with Crippen LogP contribution in [-0.2, 0) is 27.9 Å². The van der Waals surface area contributed by atoms with Crippen LogP contribution >= 0.6 is 7.82 Å². The number of likely N-dealkylation sites (N-methyl/N-ethyl adjacent to an activating group) is 1. The third-order valence-electron chi connectivity index (χ3n) is 14.3. The second kappa shape index (κ2) is 55.3. The number of nitrogens with one attached hydrogen (secondary N) is 1. The molecule has 0 aliphatic rings. The minimum absolute atomic E-state index is 0.0406. The van der Waals surface area contributed by atoms with E-state index in [-0.39, 0.29) is 25.1 Å². The third kappa shape index (κ3) is 56.5. The summed E-state index contributed by atoms with van der Waals surface area (Å²) in [4.78, 5) is 37.7. The highest BCUT2D eigenvalue weighted by Crippen LogP contribution is 2.43. The lowest BCUT2D eigenvalue weighted by atomic mass is 10.0. The summed E-state index contributed by atoms with van der Waals surface area (Å²) in [5, 5.41) is 3.06. The minimum Gasteiger partial charge on any atom is -0.456 e. The number of esters is 1. The SMILES string of the molecule is CCCCC/C=C\C/C=C\C/C=C\CCCCCCCCCCCCC(=O)NC(COP(=O)(O)OCC[N+](C)(C)C)C(/C=C\CCCCCCCCCCC)OC(=O)CCCCCCCCCCCCCCCCC. The van der Waals surface area contributed by atoms with Crippen LogP contribution in [0.25, 0.3) is 0 Å². The molecule has 9 nitrogen and oxygen atoms in total. The van der Waals surface area contributed by atoms with Crippen molar-refractivity contribution in [3.63, 3.8) is 0 Å². The Labute approximate surface area is 465 Å². The number of nitrogens with zero attached hydrogens (tertiary/aromatic N) is 1. The van der Waals surface area contributed by atoms with Gasteiger partial charge in [0.2, 0.25) is 5.91 Å². The maximum atomic E-state index is 13.6. The second-order valence-corrected chi connectivity index (χ2v) is 24.4. The van der Waals surface area contributed by atoms with E-state index in [0.717, 1.165) is 70.6 Å². The first-order valence-corrected chi connectivity index (χ1v) is 33.5. The number of phosphoric ester groups is 1. The van der Waals surface area contributed by atoms with Crippen molar-refractivity contribution in [1.82, 2.24) is 5.32 Å². The summed E-state index contributed by atoms with van der Waals surface area (Å²) in [7, 11) is 1.50. The Bertz CT molecular complexity index is 1420. The molecule has 0 heterocycles. The number of hydrogen-bond acceptors (Lipinski definition) is 6. The molecule has 10 heteroatoms. The predicted molar refractivity (Wildman–Crippen MR) is 323 cm³/mol. The second-order valence-electron chi connectivity index (χ2n) is 22.9. The van der Waals surface area contributed by atoms with Crippen molar-refractivity contribution < 1.29 is 37.3 Å². The van der Waals surface area contributed by atoms with Crippen molar-refractivity contribution in [2.24, 2.45) is 0 Å². The molecular weight excluding hydrogens is 952 g/mol. The van der Waals surface area contributed by atoms with Crippen LogP contribution in [0.2, 0.25) is 0 Å². The molecule has 0 rings (SSSR count). The van der Waals surface area contributed by atoms with Crippen molar-refractivity contribution in [2.75, 3.05) is 40.9 Å². The molecule has 0 saturated heterocycles.